The van der Waals surface area contributed by atoms with Crippen molar-refractivity contribution in [2.45, 2.75) is 45.3 Å². The van der Waals surface area contributed by atoms with Gasteiger partial charge in [-0.05, 0) is 39.8 Å². The molecule has 0 bridgehead atoms. The summed E-state index contributed by atoms with van der Waals surface area (Å²) in [5.74, 6) is 0.00882. The van der Waals surface area contributed by atoms with E-state index in [2.05, 4.69) is 9.88 Å². The second-order valence-electron chi connectivity index (χ2n) is 7.44. The normalized spacial score (nSPS) is 26.3. The standard InChI is InChI=1S/C18H26N4O3S/c1-12-16(26-13(2)19-12)17(23)21-10-14-15(11-21)25-18(24)22(14)9-8-20-6-4-3-5-7-20/h14-15H,3-11H2,1-2H3/t14-,15+/m1/s1. The smallest absolute Gasteiger partial charge is 0.410 e. The van der Waals surface area contributed by atoms with Gasteiger partial charge in [0.2, 0.25) is 0 Å². The minimum atomic E-state index is -0.228. The zero-order valence-corrected chi connectivity index (χ0v) is 16.3. The molecule has 3 aliphatic heterocycles. The summed E-state index contributed by atoms with van der Waals surface area (Å²) < 4.78 is 5.55. The molecule has 26 heavy (non-hydrogen) atoms. The van der Waals surface area contributed by atoms with E-state index in [1.54, 1.807) is 0 Å². The maximum Gasteiger partial charge on any atom is 0.410 e. The third-order valence-corrected chi connectivity index (χ3v) is 6.68. The highest BCUT2D eigenvalue weighted by Crippen LogP contribution is 2.29. The Hall–Kier alpha value is -1.67. The molecule has 2 atom stereocenters. The number of thiazole rings is 1. The monoisotopic (exact) mass is 378 g/mol. The molecule has 1 aromatic heterocycles. The van der Waals surface area contributed by atoms with Crippen molar-refractivity contribution in [3.8, 4) is 0 Å². The van der Waals surface area contributed by atoms with Crippen molar-refractivity contribution in [1.82, 2.24) is 19.7 Å². The zero-order valence-electron chi connectivity index (χ0n) is 15.4. The molecule has 0 aliphatic carbocycles. The van der Waals surface area contributed by atoms with E-state index in [0.29, 0.717) is 24.5 Å². The number of likely N-dealkylation sites (tertiary alicyclic amines) is 2. The van der Waals surface area contributed by atoms with Crippen LogP contribution in [0.4, 0.5) is 4.79 Å². The van der Waals surface area contributed by atoms with Gasteiger partial charge in [0.1, 0.15) is 11.0 Å². The average molecular weight is 378 g/mol. The number of aryl methyl sites for hydroxylation is 2. The highest BCUT2D eigenvalue weighted by atomic mass is 32.1. The number of aromatic nitrogens is 1. The minimum Gasteiger partial charge on any atom is -0.442 e. The first-order valence-corrected chi connectivity index (χ1v) is 10.3. The molecular formula is C18H26N4O3S. The highest BCUT2D eigenvalue weighted by molar-refractivity contribution is 7.13. The molecule has 0 unspecified atom stereocenters. The van der Waals surface area contributed by atoms with Crippen molar-refractivity contribution in [3.05, 3.63) is 15.6 Å². The second kappa shape index (κ2) is 7.15. The fraction of sp³-hybridized carbons (Fsp3) is 0.722. The lowest BCUT2D eigenvalue weighted by atomic mass is 10.1. The molecule has 1 aromatic rings. The maximum atomic E-state index is 12.8. The Morgan fingerprint density at radius 1 is 1.19 bits per heavy atom. The summed E-state index contributed by atoms with van der Waals surface area (Å²) in [6.07, 6.45) is 3.36. The van der Waals surface area contributed by atoms with Crippen LogP contribution < -0.4 is 0 Å². The molecule has 0 spiro atoms. The molecular weight excluding hydrogens is 352 g/mol. The van der Waals surface area contributed by atoms with E-state index in [9.17, 15) is 9.59 Å². The van der Waals surface area contributed by atoms with Crippen LogP contribution in [0, 0.1) is 13.8 Å². The van der Waals surface area contributed by atoms with Crippen LogP contribution in [-0.2, 0) is 4.74 Å². The van der Waals surface area contributed by atoms with E-state index >= 15 is 0 Å². The highest BCUT2D eigenvalue weighted by Gasteiger charge is 2.49. The fourth-order valence-corrected chi connectivity index (χ4v) is 5.12. The van der Waals surface area contributed by atoms with Crippen molar-refractivity contribution in [2.75, 3.05) is 39.3 Å². The topological polar surface area (TPSA) is 66.0 Å². The molecule has 4 heterocycles. The summed E-state index contributed by atoms with van der Waals surface area (Å²) >= 11 is 1.44. The van der Waals surface area contributed by atoms with Crippen LogP contribution in [0.25, 0.3) is 0 Å². The molecule has 0 aromatic carbocycles. The molecule has 4 rings (SSSR count). The summed E-state index contributed by atoms with van der Waals surface area (Å²) in [5.41, 5.74) is 0.786. The first kappa shape index (κ1) is 17.7. The van der Waals surface area contributed by atoms with E-state index < -0.39 is 0 Å². The number of hydrogen-bond donors (Lipinski definition) is 0. The Labute approximate surface area is 157 Å². The van der Waals surface area contributed by atoms with Gasteiger partial charge in [0.15, 0.2) is 0 Å². The predicted molar refractivity (Wildman–Crippen MR) is 98.5 cm³/mol. The number of nitrogens with zero attached hydrogens (tertiary/aromatic N) is 4. The number of amides is 2. The third kappa shape index (κ3) is 3.32. The van der Waals surface area contributed by atoms with Crippen LogP contribution in [0.2, 0.25) is 0 Å². The molecule has 3 aliphatic rings. The SMILES string of the molecule is Cc1nc(C)c(C(=O)N2C[C@@H]3OC(=O)N(CCN4CCCCC4)[C@@H]3C2)s1. The summed E-state index contributed by atoms with van der Waals surface area (Å²) in [4.78, 5) is 36.2. The zero-order chi connectivity index (χ0) is 18.3. The van der Waals surface area contributed by atoms with Gasteiger partial charge in [-0.2, -0.15) is 0 Å². The number of hydrogen-bond acceptors (Lipinski definition) is 6. The van der Waals surface area contributed by atoms with E-state index in [4.69, 9.17) is 4.74 Å². The molecule has 7 nitrogen and oxygen atoms in total. The Balaban J connectivity index is 1.39. The largest absolute Gasteiger partial charge is 0.442 e. The summed E-state index contributed by atoms with van der Waals surface area (Å²) in [5, 5.41) is 0.903. The van der Waals surface area contributed by atoms with Crippen molar-refractivity contribution >= 4 is 23.3 Å². The second-order valence-corrected chi connectivity index (χ2v) is 8.65. The number of rotatable bonds is 4. The number of fused-ring (bicyclic) bond motifs is 1. The van der Waals surface area contributed by atoms with Crippen molar-refractivity contribution < 1.29 is 14.3 Å². The molecule has 0 radical (unpaired) electrons. The Bertz CT molecular complexity index is 701. The van der Waals surface area contributed by atoms with Crippen LogP contribution in [0.5, 0.6) is 0 Å². The molecule has 2 amide bonds. The van der Waals surface area contributed by atoms with Gasteiger partial charge < -0.3 is 14.5 Å². The first-order valence-electron chi connectivity index (χ1n) is 9.46. The number of carbonyl (C=O) groups excluding carboxylic acids is 2. The molecule has 0 N–H and O–H groups in total. The summed E-state index contributed by atoms with van der Waals surface area (Å²) in [6.45, 7) is 8.62. The first-order chi connectivity index (χ1) is 12.5. The van der Waals surface area contributed by atoms with Gasteiger partial charge >= 0.3 is 6.09 Å². The van der Waals surface area contributed by atoms with Crippen LogP contribution >= 0.6 is 11.3 Å². The quantitative estimate of drug-likeness (QED) is 0.801. The number of ether oxygens (including phenoxy) is 1. The Kier molecular flexibility index (Phi) is 4.88. The molecule has 142 valence electrons. The van der Waals surface area contributed by atoms with Gasteiger partial charge in [-0.3, -0.25) is 9.69 Å². The molecule has 8 heteroatoms. The van der Waals surface area contributed by atoms with Crippen LogP contribution in [0.3, 0.4) is 0 Å². The minimum absolute atomic E-state index is 0.00882. The summed E-state index contributed by atoms with van der Waals surface area (Å²) in [6, 6.07) is -0.0226. The third-order valence-electron chi connectivity index (χ3n) is 5.61. The van der Waals surface area contributed by atoms with Gasteiger partial charge in [-0.1, -0.05) is 6.42 Å². The fourth-order valence-electron chi connectivity index (χ4n) is 4.23. The lowest BCUT2D eigenvalue weighted by Crippen LogP contribution is -2.44. The van der Waals surface area contributed by atoms with E-state index in [-0.39, 0.29) is 24.1 Å². The van der Waals surface area contributed by atoms with E-state index in [1.165, 1.54) is 30.6 Å². The molecule has 0 saturated carbocycles. The maximum absolute atomic E-state index is 12.8. The van der Waals surface area contributed by atoms with Crippen LogP contribution in [0.15, 0.2) is 0 Å². The van der Waals surface area contributed by atoms with Crippen LogP contribution in [0.1, 0.15) is 39.6 Å². The number of carbonyl (C=O) groups is 2. The summed E-state index contributed by atoms with van der Waals surface area (Å²) in [7, 11) is 0. The lowest BCUT2D eigenvalue weighted by Gasteiger charge is -2.29. The average Bonchev–Trinajstić information content (AvgIpc) is 3.26. The van der Waals surface area contributed by atoms with Gasteiger partial charge in [0.25, 0.3) is 5.91 Å². The van der Waals surface area contributed by atoms with Crippen molar-refractivity contribution in [3.63, 3.8) is 0 Å². The Morgan fingerprint density at radius 3 is 2.65 bits per heavy atom. The van der Waals surface area contributed by atoms with Gasteiger partial charge in [0.05, 0.1) is 23.3 Å². The predicted octanol–water partition coefficient (Wildman–Crippen LogP) is 1.89. The number of piperidine rings is 1. The van der Waals surface area contributed by atoms with Crippen molar-refractivity contribution in [1.29, 1.82) is 0 Å². The van der Waals surface area contributed by atoms with Crippen molar-refractivity contribution in [2.24, 2.45) is 0 Å². The van der Waals surface area contributed by atoms with Gasteiger partial charge in [0, 0.05) is 19.6 Å². The molecule has 3 fully saturated rings. The van der Waals surface area contributed by atoms with Gasteiger partial charge in [-0.25, -0.2) is 9.78 Å². The van der Waals surface area contributed by atoms with Crippen LogP contribution in [-0.4, -0.2) is 83.1 Å². The molecule has 3 saturated heterocycles. The lowest BCUT2D eigenvalue weighted by molar-refractivity contribution is 0.0728. The Morgan fingerprint density at radius 2 is 1.96 bits per heavy atom. The van der Waals surface area contributed by atoms with E-state index in [1.807, 2.05) is 23.6 Å². The van der Waals surface area contributed by atoms with E-state index in [0.717, 1.165) is 30.3 Å². The van der Waals surface area contributed by atoms with Gasteiger partial charge in [-0.15, -0.1) is 11.3 Å².